The van der Waals surface area contributed by atoms with Gasteiger partial charge in [-0.3, -0.25) is 14.4 Å². The normalized spacial score (nSPS) is 30.6. The highest BCUT2D eigenvalue weighted by Gasteiger charge is 2.65. The number of carbonyl (C=O) groups is 3. The Kier molecular flexibility index (Phi) is 5.16. The van der Waals surface area contributed by atoms with Gasteiger partial charge >= 0.3 is 0 Å². The molecule has 0 bridgehead atoms. The van der Waals surface area contributed by atoms with Crippen LogP contribution < -0.4 is 16.4 Å². The van der Waals surface area contributed by atoms with Crippen LogP contribution in [-0.2, 0) is 14.4 Å². The van der Waals surface area contributed by atoms with Crippen LogP contribution in [0.5, 0.6) is 5.75 Å². The molecule has 1 aromatic rings. The molecule has 0 aromatic heterocycles. The van der Waals surface area contributed by atoms with Gasteiger partial charge in [-0.1, -0.05) is 18.5 Å². The maximum Gasteiger partial charge on any atom is 0.255 e. The summed E-state index contributed by atoms with van der Waals surface area (Å²) in [6.07, 6.45) is -2.28. The Balaban J connectivity index is 2.09. The molecule has 1 saturated carbocycles. The monoisotopic (exact) mass is 493 g/mol. The Morgan fingerprint density at radius 2 is 1.79 bits per heavy atom. The van der Waals surface area contributed by atoms with Crippen LogP contribution >= 0.6 is 11.6 Å². The molecule has 9 N–H and O–H groups in total. The van der Waals surface area contributed by atoms with Crippen molar-refractivity contribution in [1.29, 1.82) is 0 Å². The van der Waals surface area contributed by atoms with Gasteiger partial charge in [0.15, 0.2) is 17.1 Å². The number of aliphatic hydroxyl groups is 4. The minimum atomic E-state index is -2.90. The van der Waals surface area contributed by atoms with Gasteiger partial charge in [0, 0.05) is 37.9 Å². The van der Waals surface area contributed by atoms with Crippen molar-refractivity contribution < 1.29 is 39.9 Å². The molecule has 1 fully saturated rings. The van der Waals surface area contributed by atoms with Crippen molar-refractivity contribution in [1.82, 2.24) is 0 Å². The molecule has 0 radical (unpaired) electrons. The number of anilines is 2. The van der Waals surface area contributed by atoms with Crippen molar-refractivity contribution in [3.63, 3.8) is 0 Å². The first-order valence-corrected chi connectivity index (χ1v) is 10.7. The molecule has 1 amide bonds. The molecule has 0 aliphatic heterocycles. The number of aliphatic hydroxyl groups excluding tert-OH is 3. The molecule has 3 aliphatic rings. The van der Waals surface area contributed by atoms with Crippen molar-refractivity contribution in [2.45, 2.75) is 31.0 Å². The third-order valence-electron chi connectivity index (χ3n) is 7.16. The van der Waals surface area contributed by atoms with Crippen LogP contribution in [-0.4, -0.2) is 68.8 Å². The number of halogens is 1. The van der Waals surface area contributed by atoms with Crippen LogP contribution in [0, 0.1) is 11.8 Å². The fourth-order valence-electron chi connectivity index (χ4n) is 5.60. The number of phenols is 1. The maximum atomic E-state index is 13.6. The van der Waals surface area contributed by atoms with Crippen molar-refractivity contribution >= 4 is 46.2 Å². The van der Waals surface area contributed by atoms with Crippen molar-refractivity contribution in [3.8, 4) is 5.75 Å². The second kappa shape index (κ2) is 7.36. The number of rotatable bonds is 2. The van der Waals surface area contributed by atoms with Crippen LogP contribution in [0.15, 0.2) is 16.9 Å². The first kappa shape index (κ1) is 23.9. The number of phenolic OH excluding ortho intramolecular Hbond substituents is 1. The number of nitrogens with zero attached hydrogens (tertiary/aromatic N) is 1. The summed E-state index contributed by atoms with van der Waals surface area (Å²) in [6, 6.07) is 0. The zero-order chi connectivity index (χ0) is 25.6. The van der Waals surface area contributed by atoms with Crippen molar-refractivity contribution in [2.24, 2.45) is 17.6 Å². The Labute approximate surface area is 198 Å². The number of hydrogen-bond acceptors (Lipinski definition) is 10. The van der Waals surface area contributed by atoms with Crippen molar-refractivity contribution in [3.05, 3.63) is 33.1 Å². The third-order valence-corrected chi connectivity index (χ3v) is 7.55. The van der Waals surface area contributed by atoms with E-state index in [4.69, 9.17) is 23.1 Å². The number of hydrogen-bond donors (Lipinski definition) is 7. The average molecular weight is 494 g/mol. The highest BCUT2D eigenvalue weighted by atomic mass is 35.5. The lowest BCUT2D eigenvalue weighted by Gasteiger charge is -2.50. The highest BCUT2D eigenvalue weighted by molar-refractivity contribution is 6.36. The van der Waals surface area contributed by atoms with Gasteiger partial charge < -0.3 is 41.9 Å². The van der Waals surface area contributed by atoms with Gasteiger partial charge in [-0.15, -0.1) is 0 Å². The quantitative estimate of drug-likeness (QED) is 0.170. The van der Waals surface area contributed by atoms with Crippen LogP contribution in [0.4, 0.5) is 11.4 Å². The molecule has 3 aliphatic carbocycles. The van der Waals surface area contributed by atoms with E-state index in [0.717, 1.165) is 0 Å². The zero-order valence-corrected chi connectivity index (χ0v) is 19.2. The molecule has 11 nitrogen and oxygen atoms in total. The lowest BCUT2D eigenvalue weighted by atomic mass is 9.55. The van der Waals surface area contributed by atoms with Gasteiger partial charge in [0.05, 0.1) is 28.1 Å². The predicted octanol–water partition coefficient (Wildman–Crippen LogP) is 0.257. The molecule has 12 heteroatoms. The van der Waals surface area contributed by atoms with Gasteiger partial charge in [-0.05, 0) is 11.5 Å². The molecule has 0 spiro atoms. The second-order valence-electron chi connectivity index (χ2n) is 9.09. The lowest BCUT2D eigenvalue weighted by Crippen LogP contribution is -2.64. The van der Waals surface area contributed by atoms with E-state index in [9.17, 15) is 39.9 Å². The van der Waals surface area contributed by atoms with Crippen LogP contribution in [0.1, 0.15) is 30.4 Å². The number of primary amides is 1. The number of ketones is 2. The minimum absolute atomic E-state index is 0.00278. The number of amides is 1. The smallest absolute Gasteiger partial charge is 0.255 e. The molecule has 34 heavy (non-hydrogen) atoms. The Bertz CT molecular complexity index is 1250. The Hall–Kier alpha value is -3.28. The summed E-state index contributed by atoms with van der Waals surface area (Å²) in [6.45, 7) is 1.62. The van der Waals surface area contributed by atoms with Crippen LogP contribution in [0.2, 0.25) is 5.02 Å². The van der Waals surface area contributed by atoms with E-state index in [2.05, 4.69) is 0 Å². The number of Topliss-reactive ketones (excluding diaryl/α,β-unsaturated/α-hetero) is 2. The number of fused-ring (bicyclic) bond motifs is 3. The molecular weight excluding hydrogens is 470 g/mol. The summed E-state index contributed by atoms with van der Waals surface area (Å²) < 4.78 is 0. The third kappa shape index (κ3) is 2.68. The van der Waals surface area contributed by atoms with Gasteiger partial charge in [-0.25, -0.2) is 0 Å². The average Bonchev–Trinajstić information content (AvgIpc) is 2.74. The number of nitrogen functional groups attached to an aromatic ring is 1. The molecule has 0 heterocycles. The van der Waals surface area contributed by atoms with Crippen molar-refractivity contribution in [2.75, 3.05) is 24.7 Å². The molecule has 0 saturated heterocycles. The van der Waals surface area contributed by atoms with Gasteiger partial charge in [0.2, 0.25) is 5.78 Å². The zero-order valence-electron chi connectivity index (χ0n) is 18.5. The second-order valence-corrected chi connectivity index (χ2v) is 9.47. The Morgan fingerprint density at radius 3 is 2.32 bits per heavy atom. The molecule has 182 valence electrons. The van der Waals surface area contributed by atoms with Gasteiger partial charge in [0.25, 0.3) is 5.91 Å². The van der Waals surface area contributed by atoms with Crippen LogP contribution in [0.3, 0.4) is 0 Å². The summed E-state index contributed by atoms with van der Waals surface area (Å²) in [5, 5.41) is 55.1. The van der Waals surface area contributed by atoms with Gasteiger partial charge in [0.1, 0.15) is 17.1 Å². The van der Waals surface area contributed by atoms with Crippen LogP contribution in [0.25, 0.3) is 5.76 Å². The summed E-state index contributed by atoms with van der Waals surface area (Å²) >= 11 is 6.38. The number of carbonyl (C=O) groups excluding carboxylic acids is 3. The number of nitrogens with two attached hydrogens (primary N) is 2. The van der Waals surface area contributed by atoms with E-state index in [1.165, 1.54) is 0 Å². The molecule has 0 unspecified atom stereocenters. The van der Waals surface area contributed by atoms with E-state index >= 15 is 0 Å². The number of aromatic hydroxyl groups is 1. The van der Waals surface area contributed by atoms with E-state index in [0.29, 0.717) is 11.3 Å². The minimum Gasteiger partial charge on any atom is -0.508 e. The highest BCUT2D eigenvalue weighted by Crippen LogP contribution is 2.59. The van der Waals surface area contributed by atoms with E-state index in [1.807, 2.05) is 0 Å². The molecular formula is C22H24ClN3O8. The van der Waals surface area contributed by atoms with E-state index in [-0.39, 0.29) is 16.3 Å². The fraction of sp³-hybridized carbons (Fsp3) is 0.409. The first-order valence-electron chi connectivity index (χ1n) is 10.4. The summed E-state index contributed by atoms with van der Waals surface area (Å²) in [5.41, 5.74) is 6.93. The van der Waals surface area contributed by atoms with Gasteiger partial charge in [-0.2, -0.15) is 0 Å². The molecule has 5 atom stereocenters. The Morgan fingerprint density at radius 1 is 1.21 bits per heavy atom. The fourth-order valence-corrected chi connectivity index (χ4v) is 5.96. The topological polar surface area (TPSA) is 208 Å². The predicted molar refractivity (Wildman–Crippen MR) is 121 cm³/mol. The van der Waals surface area contributed by atoms with E-state index in [1.54, 1.807) is 25.9 Å². The lowest BCUT2D eigenvalue weighted by molar-refractivity contribution is -0.160. The SMILES string of the molecule is C[C@H]1c2c(c(O)c(N)c(Cl)c2N(C)C)C(O)=C2C(=O)[C@]3(O)C(O)=C(C(N)=O)C(=O)C[C@@H]3[C@@H](O)[C@@H]21. The summed E-state index contributed by atoms with van der Waals surface area (Å²) in [4.78, 5) is 39.4. The standard InChI is InChI=1S/C22H24ClN3O8/c1-5-8-11(18(30)14(24)13(23)15(8)26(2)3)17(29)12-9(5)16(28)6-4-7(27)10(21(25)33)19(31)22(6,34)20(12)32/h5-6,9,16,28-31,34H,4,24H2,1-3H3,(H2,25,33)/t5-,6+,9+,16+,22+/m0/s1. The summed E-state index contributed by atoms with van der Waals surface area (Å²) in [5.74, 6) is -9.63. The first-order chi connectivity index (χ1) is 15.7. The van der Waals surface area contributed by atoms with E-state index < -0.39 is 81.8 Å². The largest absolute Gasteiger partial charge is 0.508 e. The number of benzene rings is 1. The summed E-state index contributed by atoms with van der Waals surface area (Å²) in [7, 11) is 3.30. The molecule has 1 aromatic carbocycles. The molecule has 4 rings (SSSR count). The maximum absolute atomic E-state index is 13.6.